The van der Waals surface area contributed by atoms with Crippen LogP contribution in [0.3, 0.4) is 0 Å². The molecule has 1 aromatic heterocycles. The molecule has 1 aromatic rings. The summed E-state index contributed by atoms with van der Waals surface area (Å²) in [5.41, 5.74) is 2.35. The molecule has 0 aromatic carbocycles. The maximum Gasteiger partial charge on any atom is 0.0545 e. The summed E-state index contributed by atoms with van der Waals surface area (Å²) in [5, 5.41) is 4.53. The molecule has 84 valence electrons. The predicted octanol–water partition coefficient (Wildman–Crippen LogP) is 3.04. The molecule has 1 N–H and O–H groups in total. The van der Waals surface area contributed by atoms with Crippen LogP contribution in [0.1, 0.15) is 31.7 Å². The first-order valence-electron chi connectivity index (χ1n) is 5.27. The molecule has 1 rings (SSSR count). The van der Waals surface area contributed by atoms with Gasteiger partial charge in [-0.3, -0.25) is 4.98 Å². The van der Waals surface area contributed by atoms with Crippen LogP contribution in [0.25, 0.3) is 0 Å². The van der Waals surface area contributed by atoms with Crippen molar-refractivity contribution in [2.24, 2.45) is 0 Å². The quantitative estimate of drug-likeness (QED) is 0.833. The zero-order valence-electron chi connectivity index (χ0n) is 9.68. The number of aromatic nitrogens is 1. The second-order valence-corrected chi connectivity index (χ2v) is 5.24. The number of rotatable bonds is 5. The fourth-order valence-corrected chi connectivity index (χ4v) is 2.34. The van der Waals surface area contributed by atoms with E-state index in [0.717, 1.165) is 29.7 Å². The number of halogens is 1. The topological polar surface area (TPSA) is 24.9 Å². The highest BCUT2D eigenvalue weighted by Gasteiger charge is 2.15. The van der Waals surface area contributed by atoms with E-state index in [0.29, 0.717) is 0 Å². The minimum atomic E-state index is 0.162. The van der Waals surface area contributed by atoms with E-state index in [1.807, 2.05) is 13.0 Å². The molecule has 0 aliphatic carbocycles. The van der Waals surface area contributed by atoms with E-state index in [4.69, 9.17) is 0 Å². The Kier molecular flexibility index (Phi) is 4.74. The van der Waals surface area contributed by atoms with Crippen molar-refractivity contribution in [2.45, 2.75) is 39.3 Å². The van der Waals surface area contributed by atoms with Crippen LogP contribution in [0.15, 0.2) is 18.2 Å². The number of aryl methyl sites for hydroxylation is 1. The number of nitrogens with one attached hydrogen (secondary N) is 1. The molecule has 0 unspecified atom stereocenters. The Morgan fingerprint density at radius 2 is 2.13 bits per heavy atom. The van der Waals surface area contributed by atoms with Crippen LogP contribution in [-0.4, -0.2) is 15.9 Å². The van der Waals surface area contributed by atoms with Crippen LogP contribution in [0.5, 0.6) is 0 Å². The maximum atomic E-state index is 4.46. The molecular formula is C12H19BrN2. The Morgan fingerprint density at radius 3 is 2.73 bits per heavy atom. The van der Waals surface area contributed by atoms with Crippen molar-refractivity contribution in [1.29, 1.82) is 0 Å². The standard InChI is InChI=1S/C12H19BrN2/c1-10-5-4-6-11(15-10)9-14-12(2,3)7-8-13/h4-6,14H,7-9H2,1-3H3. The van der Waals surface area contributed by atoms with Gasteiger partial charge in [-0.25, -0.2) is 0 Å². The largest absolute Gasteiger partial charge is 0.306 e. The molecule has 0 aliphatic heterocycles. The molecule has 1 heterocycles. The van der Waals surface area contributed by atoms with Gasteiger partial charge in [0.15, 0.2) is 0 Å². The Labute approximate surface area is 101 Å². The highest BCUT2D eigenvalue weighted by Crippen LogP contribution is 2.11. The molecule has 0 radical (unpaired) electrons. The Bertz CT molecular complexity index is 310. The minimum absolute atomic E-state index is 0.162. The maximum absolute atomic E-state index is 4.46. The summed E-state index contributed by atoms with van der Waals surface area (Å²) < 4.78 is 0. The smallest absolute Gasteiger partial charge is 0.0545 e. The molecule has 0 aliphatic rings. The summed E-state index contributed by atoms with van der Waals surface area (Å²) in [6.07, 6.45) is 1.11. The predicted molar refractivity (Wildman–Crippen MR) is 68.3 cm³/mol. The van der Waals surface area contributed by atoms with Crippen LogP contribution < -0.4 is 5.32 Å². The van der Waals surface area contributed by atoms with Gasteiger partial charge in [0, 0.05) is 23.1 Å². The highest BCUT2D eigenvalue weighted by molar-refractivity contribution is 9.09. The first kappa shape index (κ1) is 12.7. The molecule has 0 saturated carbocycles. The summed E-state index contributed by atoms with van der Waals surface area (Å²) in [6.45, 7) is 7.28. The van der Waals surface area contributed by atoms with E-state index in [9.17, 15) is 0 Å². The van der Waals surface area contributed by atoms with Gasteiger partial charge in [-0.05, 0) is 39.3 Å². The molecular weight excluding hydrogens is 252 g/mol. The summed E-state index contributed by atoms with van der Waals surface area (Å²) >= 11 is 3.47. The van der Waals surface area contributed by atoms with Crippen LogP contribution in [0, 0.1) is 6.92 Å². The van der Waals surface area contributed by atoms with Crippen molar-refractivity contribution in [3.8, 4) is 0 Å². The zero-order chi connectivity index (χ0) is 11.3. The number of hydrogen-bond acceptors (Lipinski definition) is 2. The highest BCUT2D eigenvalue weighted by atomic mass is 79.9. The average Bonchev–Trinajstić information content (AvgIpc) is 2.15. The molecule has 0 bridgehead atoms. The second kappa shape index (κ2) is 5.61. The van der Waals surface area contributed by atoms with E-state index in [1.54, 1.807) is 0 Å². The summed E-state index contributed by atoms with van der Waals surface area (Å²) in [7, 11) is 0. The fourth-order valence-electron chi connectivity index (χ4n) is 1.35. The van der Waals surface area contributed by atoms with Gasteiger partial charge in [-0.15, -0.1) is 0 Å². The SMILES string of the molecule is Cc1cccc(CNC(C)(C)CCBr)n1. The molecule has 0 amide bonds. The van der Waals surface area contributed by atoms with Gasteiger partial charge >= 0.3 is 0 Å². The number of alkyl halides is 1. The second-order valence-electron chi connectivity index (χ2n) is 4.45. The normalized spacial score (nSPS) is 11.7. The van der Waals surface area contributed by atoms with Crippen molar-refractivity contribution >= 4 is 15.9 Å². The summed E-state index contributed by atoms with van der Waals surface area (Å²) in [5.74, 6) is 0. The molecule has 15 heavy (non-hydrogen) atoms. The molecule has 0 fully saturated rings. The first-order valence-corrected chi connectivity index (χ1v) is 6.39. The molecule has 0 spiro atoms. The Hall–Kier alpha value is -0.410. The van der Waals surface area contributed by atoms with Crippen LogP contribution in [0.4, 0.5) is 0 Å². The van der Waals surface area contributed by atoms with Gasteiger partial charge in [0.05, 0.1) is 5.69 Å². The van der Waals surface area contributed by atoms with Crippen LogP contribution in [-0.2, 0) is 6.54 Å². The van der Waals surface area contributed by atoms with E-state index in [1.165, 1.54) is 0 Å². The number of pyridine rings is 1. The van der Waals surface area contributed by atoms with Crippen molar-refractivity contribution in [3.63, 3.8) is 0 Å². The van der Waals surface area contributed by atoms with Gasteiger partial charge in [-0.2, -0.15) is 0 Å². The lowest BCUT2D eigenvalue weighted by Gasteiger charge is -2.25. The Balaban J connectivity index is 2.49. The van der Waals surface area contributed by atoms with E-state index in [-0.39, 0.29) is 5.54 Å². The lowest BCUT2D eigenvalue weighted by molar-refractivity contribution is 0.375. The van der Waals surface area contributed by atoms with Gasteiger partial charge in [-0.1, -0.05) is 22.0 Å². The van der Waals surface area contributed by atoms with Gasteiger partial charge in [0.25, 0.3) is 0 Å². The first-order chi connectivity index (χ1) is 7.03. The van der Waals surface area contributed by atoms with Crippen LogP contribution >= 0.6 is 15.9 Å². The third-order valence-corrected chi connectivity index (χ3v) is 2.81. The lowest BCUT2D eigenvalue weighted by atomic mass is 10.0. The zero-order valence-corrected chi connectivity index (χ0v) is 11.3. The third kappa shape index (κ3) is 4.76. The fraction of sp³-hybridized carbons (Fsp3) is 0.583. The van der Waals surface area contributed by atoms with E-state index < -0.39 is 0 Å². The lowest BCUT2D eigenvalue weighted by Crippen LogP contribution is -2.39. The van der Waals surface area contributed by atoms with Gasteiger partial charge in [0.1, 0.15) is 0 Å². The van der Waals surface area contributed by atoms with Crippen molar-refractivity contribution in [2.75, 3.05) is 5.33 Å². The van der Waals surface area contributed by atoms with Crippen molar-refractivity contribution < 1.29 is 0 Å². The summed E-state index contributed by atoms with van der Waals surface area (Å²) in [6, 6.07) is 6.13. The molecule has 0 saturated heterocycles. The minimum Gasteiger partial charge on any atom is -0.306 e. The van der Waals surface area contributed by atoms with Gasteiger partial charge in [0.2, 0.25) is 0 Å². The summed E-state index contributed by atoms with van der Waals surface area (Å²) in [4.78, 5) is 4.46. The molecule has 2 nitrogen and oxygen atoms in total. The van der Waals surface area contributed by atoms with Crippen molar-refractivity contribution in [3.05, 3.63) is 29.6 Å². The monoisotopic (exact) mass is 270 g/mol. The number of nitrogens with zero attached hydrogens (tertiary/aromatic N) is 1. The third-order valence-electron chi connectivity index (χ3n) is 2.41. The molecule has 3 heteroatoms. The Morgan fingerprint density at radius 1 is 1.40 bits per heavy atom. The van der Waals surface area contributed by atoms with Crippen molar-refractivity contribution in [1.82, 2.24) is 10.3 Å². The average molecular weight is 271 g/mol. The number of hydrogen-bond donors (Lipinski definition) is 1. The van der Waals surface area contributed by atoms with E-state index >= 15 is 0 Å². The van der Waals surface area contributed by atoms with Crippen LogP contribution in [0.2, 0.25) is 0 Å². The van der Waals surface area contributed by atoms with Gasteiger partial charge < -0.3 is 5.32 Å². The molecule has 0 atom stereocenters. The van der Waals surface area contributed by atoms with E-state index in [2.05, 4.69) is 52.2 Å².